The number of benzene rings is 1. The molecule has 1 N–H and O–H groups in total. The van der Waals surface area contributed by atoms with Gasteiger partial charge in [0.15, 0.2) is 0 Å². The summed E-state index contributed by atoms with van der Waals surface area (Å²) in [6.45, 7) is 8.13. The van der Waals surface area contributed by atoms with Crippen LogP contribution in [0.2, 0.25) is 0 Å². The first-order chi connectivity index (χ1) is 8.10. The maximum Gasteiger partial charge on any atom is 0.130 e. The molecule has 96 valence electrons. The minimum atomic E-state index is -0.180. The van der Waals surface area contributed by atoms with Gasteiger partial charge in [-0.1, -0.05) is 26.8 Å². The van der Waals surface area contributed by atoms with Crippen LogP contribution >= 0.6 is 0 Å². The average Bonchev–Trinajstić information content (AvgIpc) is 2.34. The molecule has 2 unspecified atom stereocenters. The van der Waals surface area contributed by atoms with Crippen molar-refractivity contribution in [3.8, 4) is 5.75 Å². The zero-order valence-electron chi connectivity index (χ0n) is 11.1. The standard InChI is InChI=1S/C14H22FNO/c1-5-16-9-10(2)11(3)13-7-6-12(17-4)8-14(13)15/h6-8,10-11,16H,5,9H2,1-4H3. The first-order valence-electron chi connectivity index (χ1n) is 6.14. The van der Waals surface area contributed by atoms with Gasteiger partial charge in [0.2, 0.25) is 0 Å². The largest absolute Gasteiger partial charge is 0.497 e. The summed E-state index contributed by atoms with van der Waals surface area (Å²) in [6.07, 6.45) is 0. The van der Waals surface area contributed by atoms with Gasteiger partial charge in [-0.15, -0.1) is 0 Å². The van der Waals surface area contributed by atoms with Gasteiger partial charge >= 0.3 is 0 Å². The van der Waals surface area contributed by atoms with Crippen molar-refractivity contribution in [2.75, 3.05) is 20.2 Å². The molecule has 0 aliphatic rings. The fraction of sp³-hybridized carbons (Fsp3) is 0.571. The van der Waals surface area contributed by atoms with Gasteiger partial charge in [-0.3, -0.25) is 0 Å². The van der Waals surface area contributed by atoms with E-state index in [4.69, 9.17) is 4.74 Å². The molecule has 2 nitrogen and oxygen atoms in total. The highest BCUT2D eigenvalue weighted by Crippen LogP contribution is 2.28. The number of ether oxygens (including phenoxy) is 1. The summed E-state index contributed by atoms with van der Waals surface area (Å²) in [4.78, 5) is 0. The Morgan fingerprint density at radius 1 is 1.35 bits per heavy atom. The molecule has 1 aromatic rings. The van der Waals surface area contributed by atoms with Crippen molar-refractivity contribution < 1.29 is 9.13 Å². The second-order valence-corrected chi connectivity index (χ2v) is 4.46. The fourth-order valence-corrected chi connectivity index (χ4v) is 1.86. The summed E-state index contributed by atoms with van der Waals surface area (Å²) in [5, 5.41) is 3.29. The van der Waals surface area contributed by atoms with E-state index in [1.165, 1.54) is 6.07 Å². The molecule has 0 fully saturated rings. The van der Waals surface area contributed by atoms with Crippen molar-refractivity contribution in [3.63, 3.8) is 0 Å². The SMILES string of the molecule is CCNCC(C)C(C)c1ccc(OC)cc1F. The van der Waals surface area contributed by atoms with Crippen molar-refractivity contribution in [2.45, 2.75) is 26.7 Å². The maximum atomic E-state index is 13.9. The Hall–Kier alpha value is -1.09. The van der Waals surface area contributed by atoms with E-state index in [9.17, 15) is 4.39 Å². The third kappa shape index (κ3) is 3.70. The fourth-order valence-electron chi connectivity index (χ4n) is 1.86. The first kappa shape index (κ1) is 14.0. The van der Waals surface area contributed by atoms with Crippen LogP contribution in [0.15, 0.2) is 18.2 Å². The van der Waals surface area contributed by atoms with E-state index in [1.807, 2.05) is 12.1 Å². The molecule has 2 atom stereocenters. The lowest BCUT2D eigenvalue weighted by atomic mass is 9.88. The third-order valence-electron chi connectivity index (χ3n) is 3.27. The second-order valence-electron chi connectivity index (χ2n) is 4.46. The number of hydrogen-bond acceptors (Lipinski definition) is 2. The number of rotatable bonds is 6. The van der Waals surface area contributed by atoms with Crippen molar-refractivity contribution >= 4 is 0 Å². The molecule has 0 aromatic heterocycles. The van der Waals surface area contributed by atoms with E-state index < -0.39 is 0 Å². The maximum absolute atomic E-state index is 13.9. The third-order valence-corrected chi connectivity index (χ3v) is 3.27. The Bertz CT molecular complexity index is 354. The van der Waals surface area contributed by atoms with Crippen molar-refractivity contribution in [3.05, 3.63) is 29.6 Å². The van der Waals surface area contributed by atoms with E-state index in [1.54, 1.807) is 7.11 Å². The van der Waals surface area contributed by atoms with Crippen LogP contribution in [0, 0.1) is 11.7 Å². The predicted molar refractivity (Wildman–Crippen MR) is 69.1 cm³/mol. The van der Waals surface area contributed by atoms with Gasteiger partial charge in [0.1, 0.15) is 11.6 Å². The minimum Gasteiger partial charge on any atom is -0.497 e. The van der Waals surface area contributed by atoms with E-state index in [2.05, 4.69) is 26.1 Å². The summed E-state index contributed by atoms with van der Waals surface area (Å²) < 4.78 is 18.9. The number of halogens is 1. The Kier molecular flexibility index (Phi) is 5.42. The molecule has 0 spiro atoms. The van der Waals surface area contributed by atoms with Crippen LogP contribution in [0.25, 0.3) is 0 Å². The van der Waals surface area contributed by atoms with Crippen LogP contribution < -0.4 is 10.1 Å². The highest BCUT2D eigenvalue weighted by molar-refractivity contribution is 5.31. The zero-order chi connectivity index (χ0) is 12.8. The van der Waals surface area contributed by atoms with Crippen LogP contribution in [0.3, 0.4) is 0 Å². The highest BCUT2D eigenvalue weighted by Gasteiger charge is 2.17. The Morgan fingerprint density at radius 2 is 2.06 bits per heavy atom. The van der Waals surface area contributed by atoms with E-state index in [0.717, 1.165) is 18.7 Å². The first-order valence-corrected chi connectivity index (χ1v) is 6.14. The van der Waals surface area contributed by atoms with E-state index in [-0.39, 0.29) is 11.7 Å². The van der Waals surface area contributed by atoms with Crippen LogP contribution in [0.5, 0.6) is 5.75 Å². The smallest absolute Gasteiger partial charge is 0.130 e. The van der Waals surface area contributed by atoms with Gasteiger partial charge in [0, 0.05) is 6.07 Å². The van der Waals surface area contributed by atoms with Crippen LogP contribution in [0.1, 0.15) is 32.3 Å². The Morgan fingerprint density at radius 3 is 2.59 bits per heavy atom. The van der Waals surface area contributed by atoms with Gasteiger partial charge in [0.25, 0.3) is 0 Å². The van der Waals surface area contributed by atoms with Crippen LogP contribution in [-0.2, 0) is 0 Å². The summed E-state index contributed by atoms with van der Waals surface area (Å²) in [7, 11) is 1.55. The topological polar surface area (TPSA) is 21.3 Å². The molecule has 0 heterocycles. The van der Waals surface area contributed by atoms with E-state index >= 15 is 0 Å². The molecule has 0 aliphatic heterocycles. The van der Waals surface area contributed by atoms with Crippen LogP contribution in [-0.4, -0.2) is 20.2 Å². The number of nitrogens with one attached hydrogen (secondary N) is 1. The average molecular weight is 239 g/mol. The molecular formula is C14H22FNO. The van der Waals surface area contributed by atoms with Crippen molar-refractivity contribution in [1.29, 1.82) is 0 Å². The van der Waals surface area contributed by atoms with Gasteiger partial charge in [-0.25, -0.2) is 4.39 Å². The highest BCUT2D eigenvalue weighted by atomic mass is 19.1. The summed E-state index contributed by atoms with van der Waals surface area (Å²) >= 11 is 0. The van der Waals surface area contributed by atoms with E-state index in [0.29, 0.717) is 11.7 Å². The monoisotopic (exact) mass is 239 g/mol. The quantitative estimate of drug-likeness (QED) is 0.823. The lowest BCUT2D eigenvalue weighted by Crippen LogP contribution is -2.24. The molecule has 0 radical (unpaired) electrons. The van der Waals surface area contributed by atoms with Crippen molar-refractivity contribution in [1.82, 2.24) is 5.32 Å². The summed E-state index contributed by atoms with van der Waals surface area (Å²) in [5.74, 6) is 0.982. The Balaban J connectivity index is 2.77. The molecule has 1 rings (SSSR count). The summed E-state index contributed by atoms with van der Waals surface area (Å²) in [6, 6.07) is 5.09. The van der Waals surface area contributed by atoms with Gasteiger partial charge < -0.3 is 10.1 Å². The second kappa shape index (κ2) is 6.60. The molecule has 0 saturated heterocycles. The molecule has 0 aliphatic carbocycles. The Labute approximate surface area is 103 Å². The zero-order valence-corrected chi connectivity index (χ0v) is 11.1. The lowest BCUT2D eigenvalue weighted by Gasteiger charge is -2.21. The molecule has 0 saturated carbocycles. The van der Waals surface area contributed by atoms with Gasteiger partial charge in [-0.05, 0) is 36.6 Å². The number of methoxy groups -OCH3 is 1. The molecule has 0 bridgehead atoms. The predicted octanol–water partition coefficient (Wildman–Crippen LogP) is 3.18. The molecule has 3 heteroatoms. The van der Waals surface area contributed by atoms with Gasteiger partial charge in [0.05, 0.1) is 7.11 Å². The molecular weight excluding hydrogens is 217 g/mol. The van der Waals surface area contributed by atoms with Crippen molar-refractivity contribution in [2.24, 2.45) is 5.92 Å². The molecule has 17 heavy (non-hydrogen) atoms. The summed E-state index contributed by atoms with van der Waals surface area (Å²) in [5.41, 5.74) is 0.760. The molecule has 1 aromatic carbocycles. The normalized spacial score (nSPS) is 14.4. The molecule has 0 amide bonds. The van der Waals surface area contributed by atoms with Gasteiger partial charge in [-0.2, -0.15) is 0 Å². The van der Waals surface area contributed by atoms with Crippen LogP contribution in [0.4, 0.5) is 4.39 Å². The minimum absolute atomic E-state index is 0.180. The number of hydrogen-bond donors (Lipinski definition) is 1. The lowest BCUT2D eigenvalue weighted by molar-refractivity contribution is 0.406.